The Balaban J connectivity index is 1.74. The lowest BCUT2D eigenvalue weighted by Crippen LogP contribution is -2.51. The zero-order valence-electron chi connectivity index (χ0n) is 14.9. The van der Waals surface area contributed by atoms with Crippen molar-refractivity contribution in [3.05, 3.63) is 29.8 Å². The molecule has 0 bridgehead atoms. The Kier molecular flexibility index (Phi) is 5.80. The van der Waals surface area contributed by atoms with Crippen molar-refractivity contribution in [3.63, 3.8) is 0 Å². The average molecular weight is 398 g/mol. The number of carbonyl (C=O) groups excluding carboxylic acids is 1. The molecule has 1 aromatic rings. The SMILES string of the molecule is C[C@@H]1CN(C(=O)c2ccc(S(=O)(=O)N3CCOCC3)cc2)CC(C(=O)O)O1. The molecule has 0 aromatic heterocycles. The zero-order valence-corrected chi connectivity index (χ0v) is 15.7. The number of carbonyl (C=O) groups is 2. The van der Waals surface area contributed by atoms with Gasteiger partial charge in [-0.3, -0.25) is 4.79 Å². The van der Waals surface area contributed by atoms with Crippen molar-refractivity contribution in [2.75, 3.05) is 39.4 Å². The van der Waals surface area contributed by atoms with Gasteiger partial charge >= 0.3 is 5.97 Å². The van der Waals surface area contributed by atoms with Crippen LogP contribution in [0.4, 0.5) is 0 Å². The minimum Gasteiger partial charge on any atom is -0.479 e. The normalized spacial score (nSPS) is 24.6. The Morgan fingerprint density at radius 2 is 1.74 bits per heavy atom. The van der Waals surface area contributed by atoms with E-state index in [4.69, 9.17) is 14.6 Å². The molecular weight excluding hydrogens is 376 g/mol. The van der Waals surface area contributed by atoms with Crippen molar-refractivity contribution in [3.8, 4) is 0 Å². The molecule has 2 fully saturated rings. The molecule has 9 nitrogen and oxygen atoms in total. The van der Waals surface area contributed by atoms with Crippen LogP contribution < -0.4 is 0 Å². The number of sulfonamides is 1. The molecule has 0 aliphatic carbocycles. The summed E-state index contributed by atoms with van der Waals surface area (Å²) in [7, 11) is -3.63. The summed E-state index contributed by atoms with van der Waals surface area (Å²) < 4.78 is 37.1. The van der Waals surface area contributed by atoms with Crippen LogP contribution in [0.1, 0.15) is 17.3 Å². The van der Waals surface area contributed by atoms with Gasteiger partial charge in [0.1, 0.15) is 0 Å². The number of nitrogens with zero attached hydrogens (tertiary/aromatic N) is 2. The van der Waals surface area contributed by atoms with Gasteiger partial charge < -0.3 is 19.5 Å². The molecule has 3 rings (SSSR count). The van der Waals surface area contributed by atoms with Crippen LogP contribution in [0, 0.1) is 0 Å². The maximum atomic E-state index is 12.7. The second-order valence-electron chi connectivity index (χ2n) is 6.52. The summed E-state index contributed by atoms with van der Waals surface area (Å²) in [6.07, 6.45) is -1.47. The fourth-order valence-corrected chi connectivity index (χ4v) is 4.55. The number of hydrogen-bond donors (Lipinski definition) is 1. The first-order valence-electron chi connectivity index (χ1n) is 8.64. The summed E-state index contributed by atoms with van der Waals surface area (Å²) in [6.45, 7) is 3.23. The minimum atomic E-state index is -3.63. The third-order valence-corrected chi connectivity index (χ3v) is 6.44. The lowest BCUT2D eigenvalue weighted by atomic mass is 10.1. The number of ether oxygens (including phenoxy) is 2. The topological polar surface area (TPSA) is 113 Å². The van der Waals surface area contributed by atoms with Crippen molar-refractivity contribution in [2.24, 2.45) is 0 Å². The molecule has 2 heterocycles. The summed E-state index contributed by atoms with van der Waals surface area (Å²) in [5.74, 6) is -1.47. The van der Waals surface area contributed by atoms with E-state index in [1.54, 1.807) is 6.92 Å². The van der Waals surface area contributed by atoms with Crippen LogP contribution in [0.5, 0.6) is 0 Å². The molecule has 27 heavy (non-hydrogen) atoms. The number of carboxylic acid groups (broad SMARTS) is 1. The molecule has 2 atom stereocenters. The standard InChI is InChI=1S/C17H22N2O7S/c1-12-10-18(11-15(26-12)17(21)22)16(20)13-2-4-14(5-3-13)27(23,24)19-6-8-25-9-7-19/h2-5,12,15H,6-11H2,1H3,(H,21,22)/t12-,15?/m1/s1. The molecule has 2 aliphatic heterocycles. The Hall–Kier alpha value is -2.01. The number of benzene rings is 1. The van der Waals surface area contributed by atoms with E-state index in [1.165, 1.54) is 33.5 Å². The Labute approximate surface area is 157 Å². The number of hydrogen-bond acceptors (Lipinski definition) is 6. The summed E-state index contributed by atoms with van der Waals surface area (Å²) in [4.78, 5) is 25.4. The van der Waals surface area contributed by atoms with Crippen molar-refractivity contribution in [2.45, 2.75) is 24.0 Å². The van der Waals surface area contributed by atoms with Crippen molar-refractivity contribution < 1.29 is 32.6 Å². The summed E-state index contributed by atoms with van der Waals surface area (Å²) in [6, 6.07) is 5.70. The quantitative estimate of drug-likeness (QED) is 0.761. The number of carboxylic acids is 1. The Morgan fingerprint density at radius 1 is 1.11 bits per heavy atom. The summed E-state index contributed by atoms with van der Waals surface area (Å²) in [5, 5.41) is 9.13. The average Bonchev–Trinajstić information content (AvgIpc) is 2.67. The molecular formula is C17H22N2O7S. The second kappa shape index (κ2) is 7.93. The van der Waals surface area contributed by atoms with Crippen LogP contribution >= 0.6 is 0 Å². The first-order chi connectivity index (χ1) is 12.8. The van der Waals surface area contributed by atoms with Crippen LogP contribution in [0.15, 0.2) is 29.2 Å². The fourth-order valence-electron chi connectivity index (χ4n) is 3.14. The molecule has 0 saturated carbocycles. The number of morpholine rings is 2. The minimum absolute atomic E-state index is 0.0493. The highest BCUT2D eigenvalue weighted by molar-refractivity contribution is 7.89. The number of aliphatic carboxylic acids is 1. The zero-order chi connectivity index (χ0) is 19.6. The number of amides is 1. The van der Waals surface area contributed by atoms with E-state index in [-0.39, 0.29) is 23.9 Å². The lowest BCUT2D eigenvalue weighted by molar-refractivity contribution is -0.160. The van der Waals surface area contributed by atoms with Gasteiger partial charge in [-0.05, 0) is 31.2 Å². The maximum absolute atomic E-state index is 12.7. The molecule has 148 valence electrons. The third kappa shape index (κ3) is 4.29. The molecule has 1 aromatic carbocycles. The highest BCUT2D eigenvalue weighted by Gasteiger charge is 2.33. The first-order valence-corrected chi connectivity index (χ1v) is 10.1. The van der Waals surface area contributed by atoms with E-state index in [0.29, 0.717) is 31.9 Å². The highest BCUT2D eigenvalue weighted by Crippen LogP contribution is 2.20. The summed E-state index contributed by atoms with van der Waals surface area (Å²) >= 11 is 0. The molecule has 10 heteroatoms. The van der Waals surface area contributed by atoms with Crippen molar-refractivity contribution in [1.29, 1.82) is 0 Å². The smallest absolute Gasteiger partial charge is 0.334 e. The van der Waals surface area contributed by atoms with Crippen molar-refractivity contribution >= 4 is 21.9 Å². The van der Waals surface area contributed by atoms with Gasteiger partial charge in [-0.2, -0.15) is 4.31 Å². The molecule has 1 N–H and O–H groups in total. The van der Waals surface area contributed by atoms with Crippen molar-refractivity contribution in [1.82, 2.24) is 9.21 Å². The maximum Gasteiger partial charge on any atom is 0.334 e. The van der Waals surface area contributed by atoms with Gasteiger partial charge in [0.25, 0.3) is 5.91 Å². The molecule has 0 spiro atoms. The van der Waals surface area contributed by atoms with E-state index < -0.39 is 28.2 Å². The van der Waals surface area contributed by atoms with Gasteiger partial charge in [0.15, 0.2) is 6.10 Å². The molecule has 2 aliphatic rings. The lowest BCUT2D eigenvalue weighted by Gasteiger charge is -2.35. The largest absolute Gasteiger partial charge is 0.479 e. The van der Waals surface area contributed by atoms with Gasteiger partial charge in [0, 0.05) is 25.2 Å². The Morgan fingerprint density at radius 3 is 2.33 bits per heavy atom. The van der Waals surface area contributed by atoms with Crippen LogP contribution in [0.2, 0.25) is 0 Å². The second-order valence-corrected chi connectivity index (χ2v) is 8.46. The third-order valence-electron chi connectivity index (χ3n) is 4.53. The van der Waals surface area contributed by atoms with Gasteiger partial charge in [-0.25, -0.2) is 13.2 Å². The van der Waals surface area contributed by atoms with E-state index in [0.717, 1.165) is 0 Å². The van der Waals surface area contributed by atoms with E-state index in [1.807, 2.05) is 0 Å². The molecule has 1 unspecified atom stereocenters. The van der Waals surface area contributed by atoms with Crippen LogP contribution in [0.25, 0.3) is 0 Å². The van der Waals surface area contributed by atoms with Gasteiger partial charge in [-0.15, -0.1) is 0 Å². The first kappa shape index (κ1) is 19.7. The van der Waals surface area contributed by atoms with E-state index in [9.17, 15) is 18.0 Å². The van der Waals surface area contributed by atoms with E-state index >= 15 is 0 Å². The predicted molar refractivity (Wildman–Crippen MR) is 93.9 cm³/mol. The fraction of sp³-hybridized carbons (Fsp3) is 0.529. The molecule has 1 amide bonds. The molecule has 0 radical (unpaired) electrons. The van der Waals surface area contributed by atoms with Gasteiger partial charge in [0.2, 0.25) is 10.0 Å². The van der Waals surface area contributed by atoms with Gasteiger partial charge in [-0.1, -0.05) is 0 Å². The van der Waals surface area contributed by atoms with E-state index in [2.05, 4.69) is 0 Å². The Bertz CT molecular complexity index is 803. The predicted octanol–water partition coefficient (Wildman–Crippen LogP) is 0.0216. The number of rotatable bonds is 4. The molecule has 2 saturated heterocycles. The van der Waals surface area contributed by atoms with Crippen LogP contribution in [-0.4, -0.2) is 86.2 Å². The summed E-state index contributed by atoms with van der Waals surface area (Å²) in [5.41, 5.74) is 0.300. The van der Waals surface area contributed by atoms with Crippen LogP contribution in [0.3, 0.4) is 0 Å². The van der Waals surface area contributed by atoms with Crippen LogP contribution in [-0.2, 0) is 24.3 Å². The van der Waals surface area contributed by atoms with Gasteiger partial charge in [0.05, 0.1) is 30.8 Å². The monoisotopic (exact) mass is 398 g/mol. The highest BCUT2D eigenvalue weighted by atomic mass is 32.2.